The lowest BCUT2D eigenvalue weighted by Crippen LogP contribution is -2.38. The van der Waals surface area contributed by atoms with Gasteiger partial charge in [0.15, 0.2) is 0 Å². The van der Waals surface area contributed by atoms with Crippen LogP contribution in [-0.4, -0.2) is 12.5 Å². The molecule has 0 aliphatic carbocycles. The number of fused-ring (bicyclic) bond motifs is 1. The van der Waals surface area contributed by atoms with Crippen LogP contribution in [0.3, 0.4) is 0 Å². The smallest absolute Gasteiger partial charge is 0.229 e. The van der Waals surface area contributed by atoms with Crippen LogP contribution in [0.5, 0.6) is 0 Å². The molecule has 0 radical (unpaired) electrons. The molecule has 0 saturated carbocycles. The van der Waals surface area contributed by atoms with Crippen LogP contribution in [-0.2, 0) is 11.2 Å². The van der Waals surface area contributed by atoms with Crippen LogP contribution in [0, 0.1) is 5.92 Å². The van der Waals surface area contributed by atoms with Crippen LogP contribution in [0.1, 0.15) is 32.3 Å². The van der Waals surface area contributed by atoms with Gasteiger partial charge in [-0.25, -0.2) is 0 Å². The van der Waals surface area contributed by atoms with E-state index >= 15 is 0 Å². The quantitative estimate of drug-likeness (QED) is 0.838. The number of amides is 1. The van der Waals surface area contributed by atoms with Gasteiger partial charge in [-0.3, -0.25) is 4.79 Å². The van der Waals surface area contributed by atoms with Crippen molar-refractivity contribution in [2.24, 2.45) is 5.92 Å². The Morgan fingerprint density at radius 3 is 2.89 bits per heavy atom. The van der Waals surface area contributed by atoms with Gasteiger partial charge < -0.3 is 10.6 Å². The van der Waals surface area contributed by atoms with E-state index in [2.05, 4.69) is 0 Å². The molecule has 3 nitrogen and oxygen atoms in total. The number of nitrogens with zero attached hydrogens (tertiary/aromatic N) is 1. The summed E-state index contributed by atoms with van der Waals surface area (Å²) >= 11 is 0. The highest BCUT2D eigenvalue weighted by Gasteiger charge is 2.26. The molecule has 0 fully saturated rings. The van der Waals surface area contributed by atoms with E-state index in [1.165, 1.54) is 0 Å². The molecule has 1 aliphatic rings. The minimum absolute atomic E-state index is 0. The monoisotopic (exact) mass is 268 g/mol. The number of hydrogen-bond acceptors (Lipinski definition) is 2. The average molecular weight is 269 g/mol. The third-order valence-electron chi connectivity index (χ3n) is 3.59. The van der Waals surface area contributed by atoms with E-state index in [4.69, 9.17) is 5.73 Å². The van der Waals surface area contributed by atoms with Crippen molar-refractivity contribution in [2.45, 2.75) is 33.1 Å². The molecule has 0 aromatic heterocycles. The van der Waals surface area contributed by atoms with Crippen LogP contribution in [0.4, 0.5) is 11.4 Å². The van der Waals surface area contributed by atoms with E-state index in [0.717, 1.165) is 42.7 Å². The maximum Gasteiger partial charge on any atom is 0.229 e. The normalized spacial score (nSPS) is 15.6. The van der Waals surface area contributed by atoms with E-state index in [9.17, 15) is 4.79 Å². The predicted molar refractivity (Wildman–Crippen MR) is 78.2 cm³/mol. The second-order valence-electron chi connectivity index (χ2n) is 4.75. The number of hydrogen-bond donors (Lipinski definition) is 1. The maximum atomic E-state index is 12.3. The van der Waals surface area contributed by atoms with Gasteiger partial charge in [0.2, 0.25) is 5.91 Å². The van der Waals surface area contributed by atoms with Crippen molar-refractivity contribution in [3.8, 4) is 0 Å². The Morgan fingerprint density at radius 1 is 1.50 bits per heavy atom. The molecule has 0 saturated heterocycles. The largest absolute Gasteiger partial charge is 0.398 e. The molecule has 1 aliphatic heterocycles. The minimum Gasteiger partial charge on any atom is -0.398 e. The number of anilines is 2. The molecule has 1 aromatic carbocycles. The summed E-state index contributed by atoms with van der Waals surface area (Å²) in [7, 11) is 0. The lowest BCUT2D eigenvalue weighted by molar-refractivity contribution is -0.122. The highest BCUT2D eigenvalue weighted by Crippen LogP contribution is 2.32. The Balaban J connectivity index is 0.00000162. The number of nitrogen functional groups attached to an aromatic ring is 1. The molecule has 18 heavy (non-hydrogen) atoms. The molecule has 0 spiro atoms. The van der Waals surface area contributed by atoms with Crippen molar-refractivity contribution < 1.29 is 4.79 Å². The van der Waals surface area contributed by atoms with Crippen molar-refractivity contribution in [3.63, 3.8) is 0 Å². The first-order valence-corrected chi connectivity index (χ1v) is 6.34. The van der Waals surface area contributed by atoms with Gasteiger partial charge in [0.1, 0.15) is 0 Å². The Hall–Kier alpha value is -1.22. The molecule has 1 heterocycles. The topological polar surface area (TPSA) is 46.3 Å². The molecule has 2 N–H and O–H groups in total. The zero-order valence-electron chi connectivity index (χ0n) is 11.0. The van der Waals surface area contributed by atoms with Gasteiger partial charge >= 0.3 is 0 Å². The van der Waals surface area contributed by atoms with Gasteiger partial charge in [-0.15, -0.1) is 12.4 Å². The van der Waals surface area contributed by atoms with Gasteiger partial charge in [-0.1, -0.05) is 19.9 Å². The molecule has 100 valence electrons. The Morgan fingerprint density at radius 2 is 2.22 bits per heavy atom. The number of carbonyl (C=O) groups is 1. The molecule has 2 rings (SSSR count). The predicted octanol–water partition coefficient (Wildman–Crippen LogP) is 3.02. The third-order valence-corrected chi connectivity index (χ3v) is 3.59. The fraction of sp³-hybridized carbons (Fsp3) is 0.500. The van der Waals surface area contributed by atoms with Crippen molar-refractivity contribution in [1.82, 2.24) is 0 Å². The summed E-state index contributed by atoms with van der Waals surface area (Å²) in [6, 6.07) is 5.84. The number of carbonyl (C=O) groups excluding carboxylic acids is 1. The number of nitrogens with two attached hydrogens (primary N) is 1. The fourth-order valence-corrected chi connectivity index (χ4v) is 2.32. The van der Waals surface area contributed by atoms with Crippen LogP contribution < -0.4 is 10.6 Å². The van der Waals surface area contributed by atoms with E-state index < -0.39 is 0 Å². The first-order chi connectivity index (χ1) is 8.15. The van der Waals surface area contributed by atoms with E-state index in [1.807, 2.05) is 36.9 Å². The molecule has 4 heteroatoms. The van der Waals surface area contributed by atoms with Crippen LogP contribution >= 0.6 is 12.4 Å². The SMILES string of the molecule is CCC(C)C(=O)N1CCCc2c(N)cccc21.Cl. The van der Waals surface area contributed by atoms with Crippen LogP contribution in [0.2, 0.25) is 0 Å². The molecule has 0 bridgehead atoms. The first kappa shape index (κ1) is 14.8. The zero-order chi connectivity index (χ0) is 12.4. The Bertz CT molecular complexity index is 434. The minimum atomic E-state index is 0. The molecule has 1 aromatic rings. The number of benzene rings is 1. The van der Waals surface area contributed by atoms with Crippen LogP contribution in [0.15, 0.2) is 18.2 Å². The zero-order valence-corrected chi connectivity index (χ0v) is 11.8. The highest BCUT2D eigenvalue weighted by molar-refractivity contribution is 5.96. The lowest BCUT2D eigenvalue weighted by Gasteiger charge is -2.32. The summed E-state index contributed by atoms with van der Waals surface area (Å²) in [6.07, 6.45) is 2.86. The Kier molecular flexibility index (Phi) is 5.03. The summed E-state index contributed by atoms with van der Waals surface area (Å²) in [5.41, 5.74) is 8.93. The van der Waals surface area contributed by atoms with Crippen molar-refractivity contribution in [1.29, 1.82) is 0 Å². The van der Waals surface area contributed by atoms with Gasteiger partial charge in [0, 0.05) is 23.8 Å². The van der Waals surface area contributed by atoms with Crippen LogP contribution in [0.25, 0.3) is 0 Å². The van der Waals surface area contributed by atoms with Gasteiger partial charge in [0.05, 0.1) is 0 Å². The van der Waals surface area contributed by atoms with Crippen molar-refractivity contribution in [3.05, 3.63) is 23.8 Å². The van der Waals surface area contributed by atoms with Gasteiger partial charge in [0.25, 0.3) is 0 Å². The summed E-state index contributed by atoms with van der Waals surface area (Å²) < 4.78 is 0. The molecule has 1 amide bonds. The molecule has 1 unspecified atom stereocenters. The molecular formula is C14H21ClN2O. The first-order valence-electron chi connectivity index (χ1n) is 6.34. The summed E-state index contributed by atoms with van der Waals surface area (Å²) in [5, 5.41) is 0. The number of rotatable bonds is 2. The summed E-state index contributed by atoms with van der Waals surface area (Å²) in [4.78, 5) is 14.2. The average Bonchev–Trinajstić information content (AvgIpc) is 2.37. The summed E-state index contributed by atoms with van der Waals surface area (Å²) in [6.45, 7) is 4.86. The van der Waals surface area contributed by atoms with E-state index in [-0.39, 0.29) is 24.2 Å². The summed E-state index contributed by atoms with van der Waals surface area (Å²) in [5.74, 6) is 0.307. The number of halogens is 1. The standard InChI is InChI=1S/C14H20N2O.ClH/c1-3-10(2)14(17)16-9-5-6-11-12(15)7-4-8-13(11)16;/h4,7-8,10H,3,5-6,9,15H2,1-2H3;1H. The van der Waals surface area contributed by atoms with Crippen molar-refractivity contribution >= 4 is 29.7 Å². The lowest BCUT2D eigenvalue weighted by atomic mass is 9.98. The fourth-order valence-electron chi connectivity index (χ4n) is 2.32. The van der Waals surface area contributed by atoms with Crippen molar-refractivity contribution in [2.75, 3.05) is 17.2 Å². The second-order valence-corrected chi connectivity index (χ2v) is 4.75. The van der Waals surface area contributed by atoms with Gasteiger partial charge in [-0.2, -0.15) is 0 Å². The van der Waals surface area contributed by atoms with E-state index in [0.29, 0.717) is 0 Å². The molecule has 1 atom stereocenters. The van der Waals surface area contributed by atoms with Gasteiger partial charge in [-0.05, 0) is 37.0 Å². The maximum absolute atomic E-state index is 12.3. The Labute approximate surface area is 115 Å². The molecular weight excluding hydrogens is 248 g/mol. The second kappa shape index (κ2) is 6.10. The van der Waals surface area contributed by atoms with E-state index in [1.54, 1.807) is 0 Å². The highest BCUT2D eigenvalue weighted by atomic mass is 35.5. The third kappa shape index (κ3) is 2.61.